The molecule has 0 saturated carbocycles. The van der Waals surface area contributed by atoms with Crippen LogP contribution in [0.5, 0.6) is 5.75 Å². The van der Waals surface area contributed by atoms with E-state index >= 15 is 0 Å². The Bertz CT molecular complexity index is 1410. The lowest BCUT2D eigenvalue weighted by Gasteiger charge is -2.11. The summed E-state index contributed by atoms with van der Waals surface area (Å²) in [6, 6.07) is 11.0. The number of H-pyrrole nitrogens is 1. The number of hydrogen-bond donors (Lipinski definition) is 2. The van der Waals surface area contributed by atoms with Crippen LogP contribution in [-0.4, -0.2) is 43.2 Å². The summed E-state index contributed by atoms with van der Waals surface area (Å²) in [6.45, 7) is 4.62. The fourth-order valence-corrected chi connectivity index (χ4v) is 3.87. The number of hydrogen-bond acceptors (Lipinski definition) is 7. The van der Waals surface area contributed by atoms with Gasteiger partial charge in [0.1, 0.15) is 22.6 Å². The predicted molar refractivity (Wildman–Crippen MR) is 125 cm³/mol. The Morgan fingerprint density at radius 3 is 2.50 bits per heavy atom. The van der Waals surface area contributed by atoms with E-state index in [4.69, 9.17) is 18.6 Å². The molecule has 1 amide bonds. The normalized spacial score (nSPS) is 10.9. The van der Waals surface area contributed by atoms with E-state index in [0.29, 0.717) is 28.3 Å². The van der Waals surface area contributed by atoms with Crippen LogP contribution in [0, 0.1) is 13.8 Å². The lowest BCUT2D eigenvalue weighted by molar-refractivity contribution is -0.119. The van der Waals surface area contributed by atoms with Crippen molar-refractivity contribution >= 4 is 45.5 Å². The van der Waals surface area contributed by atoms with Gasteiger partial charge in [-0.25, -0.2) is 9.59 Å². The van der Waals surface area contributed by atoms with Crippen LogP contribution in [-0.2, 0) is 14.3 Å². The van der Waals surface area contributed by atoms with E-state index in [2.05, 4.69) is 10.3 Å². The van der Waals surface area contributed by atoms with E-state index in [1.54, 1.807) is 32.9 Å². The van der Waals surface area contributed by atoms with Crippen molar-refractivity contribution in [3.8, 4) is 5.75 Å². The van der Waals surface area contributed by atoms with E-state index in [-0.39, 0.29) is 17.9 Å². The number of amides is 1. The molecule has 0 aliphatic heterocycles. The van der Waals surface area contributed by atoms with Gasteiger partial charge < -0.3 is 28.9 Å². The molecule has 4 aromatic rings. The smallest absolute Gasteiger partial charge is 0.355 e. The number of aryl methyl sites for hydroxylation is 1. The van der Waals surface area contributed by atoms with Crippen LogP contribution < -0.4 is 10.1 Å². The van der Waals surface area contributed by atoms with Crippen molar-refractivity contribution < 1.29 is 33.0 Å². The van der Waals surface area contributed by atoms with E-state index in [0.717, 1.165) is 16.4 Å². The molecule has 0 atom stereocenters. The molecule has 0 spiro atoms. The zero-order chi connectivity index (χ0) is 24.4. The maximum Gasteiger partial charge on any atom is 0.355 e. The first-order valence-electron chi connectivity index (χ1n) is 10.7. The molecule has 176 valence electrons. The van der Waals surface area contributed by atoms with Crippen molar-refractivity contribution in [3.05, 3.63) is 58.9 Å². The summed E-state index contributed by atoms with van der Waals surface area (Å²) in [5, 5.41) is 4.48. The number of rotatable bonds is 7. The summed E-state index contributed by atoms with van der Waals surface area (Å²) in [4.78, 5) is 40.0. The topological polar surface area (TPSA) is 120 Å². The minimum Gasteiger partial charge on any atom is -0.495 e. The fraction of sp³-hybridized carbons (Fsp3) is 0.240. The van der Waals surface area contributed by atoms with Gasteiger partial charge in [0.25, 0.3) is 5.91 Å². The Morgan fingerprint density at radius 1 is 1.00 bits per heavy atom. The van der Waals surface area contributed by atoms with Gasteiger partial charge in [0, 0.05) is 22.5 Å². The highest BCUT2D eigenvalue weighted by Crippen LogP contribution is 2.36. The van der Waals surface area contributed by atoms with Gasteiger partial charge in [0.2, 0.25) is 0 Å². The monoisotopic (exact) mass is 464 g/mol. The molecule has 9 nitrogen and oxygen atoms in total. The summed E-state index contributed by atoms with van der Waals surface area (Å²) < 4.78 is 21.5. The number of nitrogens with one attached hydrogen (secondary N) is 2. The van der Waals surface area contributed by atoms with Crippen molar-refractivity contribution in [2.45, 2.75) is 20.8 Å². The number of ether oxygens (including phenoxy) is 3. The zero-order valence-electron chi connectivity index (χ0n) is 19.2. The van der Waals surface area contributed by atoms with E-state index in [9.17, 15) is 14.4 Å². The van der Waals surface area contributed by atoms with Crippen LogP contribution in [0.25, 0.3) is 21.9 Å². The second-order valence-corrected chi connectivity index (χ2v) is 7.62. The highest BCUT2D eigenvalue weighted by atomic mass is 16.5. The summed E-state index contributed by atoms with van der Waals surface area (Å²) in [5.41, 5.74) is 2.91. The number of carbonyl (C=O) groups excluding carboxylic acids is 3. The van der Waals surface area contributed by atoms with Crippen molar-refractivity contribution in [3.63, 3.8) is 0 Å². The molecule has 34 heavy (non-hydrogen) atoms. The van der Waals surface area contributed by atoms with Crippen LogP contribution in [0.4, 0.5) is 5.69 Å². The summed E-state index contributed by atoms with van der Waals surface area (Å²) >= 11 is 0. The Hall–Kier alpha value is -4.27. The number of para-hydroxylation sites is 1. The van der Waals surface area contributed by atoms with Crippen LogP contribution >= 0.6 is 0 Å². The second-order valence-electron chi connectivity index (χ2n) is 7.62. The fourth-order valence-electron chi connectivity index (χ4n) is 3.87. The largest absolute Gasteiger partial charge is 0.495 e. The highest BCUT2D eigenvalue weighted by molar-refractivity contribution is 6.08. The third-order valence-corrected chi connectivity index (χ3v) is 5.43. The van der Waals surface area contributed by atoms with Gasteiger partial charge in [0.15, 0.2) is 6.61 Å². The Balaban J connectivity index is 1.49. The van der Waals surface area contributed by atoms with E-state index in [1.165, 1.54) is 7.11 Å². The molecule has 2 heterocycles. The average Bonchev–Trinajstić information content (AvgIpc) is 3.33. The van der Waals surface area contributed by atoms with E-state index in [1.807, 2.05) is 24.3 Å². The van der Waals surface area contributed by atoms with Gasteiger partial charge >= 0.3 is 11.9 Å². The molecule has 2 aromatic carbocycles. The molecule has 2 N–H and O–H groups in total. The molecule has 0 unspecified atom stereocenters. The van der Waals surface area contributed by atoms with Gasteiger partial charge in [-0.3, -0.25) is 4.79 Å². The first kappa shape index (κ1) is 22.9. The Kier molecular flexibility index (Phi) is 6.27. The maximum atomic E-state index is 12.6. The minimum absolute atomic E-state index is 0.180. The molecule has 9 heteroatoms. The minimum atomic E-state index is -0.725. The number of furan rings is 1. The molecule has 2 aromatic heterocycles. The summed E-state index contributed by atoms with van der Waals surface area (Å²) in [6.07, 6.45) is 0. The van der Waals surface area contributed by atoms with Crippen LogP contribution in [0.2, 0.25) is 0 Å². The number of carbonyl (C=O) groups is 3. The Labute approximate surface area is 195 Å². The third kappa shape index (κ3) is 4.19. The predicted octanol–water partition coefficient (Wildman–Crippen LogP) is 4.51. The van der Waals surface area contributed by atoms with Gasteiger partial charge in [-0.05, 0) is 38.5 Å². The van der Waals surface area contributed by atoms with Crippen LogP contribution in [0.15, 0.2) is 40.8 Å². The van der Waals surface area contributed by atoms with Crippen molar-refractivity contribution in [1.29, 1.82) is 0 Å². The number of methoxy groups -OCH3 is 1. The first-order valence-corrected chi connectivity index (χ1v) is 10.7. The second kappa shape index (κ2) is 9.30. The zero-order valence-corrected chi connectivity index (χ0v) is 19.2. The summed E-state index contributed by atoms with van der Waals surface area (Å²) in [5.74, 6) is -1.40. The first-order chi connectivity index (χ1) is 16.3. The molecule has 0 saturated heterocycles. The molecular weight excluding hydrogens is 440 g/mol. The number of benzene rings is 2. The maximum absolute atomic E-state index is 12.6. The molecular formula is C25H24N2O7. The number of anilines is 1. The number of aromatic nitrogens is 1. The summed E-state index contributed by atoms with van der Waals surface area (Å²) in [7, 11) is 1.50. The third-order valence-electron chi connectivity index (χ3n) is 5.43. The Morgan fingerprint density at radius 2 is 1.76 bits per heavy atom. The molecule has 4 rings (SSSR count). The number of aromatic amines is 1. The lowest BCUT2D eigenvalue weighted by atomic mass is 10.1. The number of esters is 2. The van der Waals surface area contributed by atoms with Crippen molar-refractivity contribution in [1.82, 2.24) is 4.98 Å². The number of fused-ring (bicyclic) bond motifs is 3. The van der Waals surface area contributed by atoms with Crippen molar-refractivity contribution in [2.75, 3.05) is 25.6 Å². The SMILES string of the molecule is CCOC(=O)c1[nH]c(C)c(C(=O)OCC(=O)Nc2cc3oc4ccccc4c3cc2OC)c1C. The van der Waals surface area contributed by atoms with E-state index < -0.39 is 24.5 Å². The van der Waals surface area contributed by atoms with Gasteiger partial charge in [0.05, 0.1) is 25.0 Å². The van der Waals surface area contributed by atoms with Gasteiger partial charge in [-0.2, -0.15) is 0 Å². The molecule has 0 aliphatic carbocycles. The molecule has 0 radical (unpaired) electrons. The van der Waals surface area contributed by atoms with Gasteiger partial charge in [-0.15, -0.1) is 0 Å². The standard InChI is InChI=1S/C25H24N2O7/c1-5-32-25(30)23-13(2)22(14(3)26-23)24(29)33-12-21(28)27-17-11-19-16(10-20(17)31-4)15-8-6-7-9-18(15)34-19/h6-11,26H,5,12H2,1-4H3,(H,27,28). The molecule has 0 bridgehead atoms. The quantitative estimate of drug-likeness (QED) is 0.386. The van der Waals surface area contributed by atoms with Crippen LogP contribution in [0.1, 0.15) is 39.0 Å². The van der Waals surface area contributed by atoms with Gasteiger partial charge in [-0.1, -0.05) is 18.2 Å². The molecule has 0 fully saturated rings. The lowest BCUT2D eigenvalue weighted by Crippen LogP contribution is -2.21. The molecule has 0 aliphatic rings. The van der Waals surface area contributed by atoms with Crippen molar-refractivity contribution in [2.24, 2.45) is 0 Å². The van der Waals surface area contributed by atoms with Crippen LogP contribution in [0.3, 0.4) is 0 Å². The highest BCUT2D eigenvalue weighted by Gasteiger charge is 2.24. The average molecular weight is 464 g/mol.